The number of terminal acetylenes is 1. The summed E-state index contributed by atoms with van der Waals surface area (Å²) in [5.41, 5.74) is 2.51. The van der Waals surface area contributed by atoms with Gasteiger partial charge in [-0.15, -0.1) is 30.4 Å². The fraction of sp³-hybridized carbons (Fsp3) is 0.550. The van der Waals surface area contributed by atoms with Crippen LogP contribution < -0.4 is 10.6 Å². The van der Waals surface area contributed by atoms with Gasteiger partial charge in [0.1, 0.15) is 0 Å². The summed E-state index contributed by atoms with van der Waals surface area (Å²) in [4.78, 5) is 7.02. The van der Waals surface area contributed by atoms with Gasteiger partial charge in [-0.25, -0.2) is 4.99 Å². The normalized spacial score (nSPS) is 20.8. The van der Waals surface area contributed by atoms with Crippen molar-refractivity contribution in [1.29, 1.82) is 0 Å². The fourth-order valence-electron chi connectivity index (χ4n) is 3.07. The summed E-state index contributed by atoms with van der Waals surface area (Å²) in [5, 5.41) is 6.28. The molecule has 2 unspecified atom stereocenters. The van der Waals surface area contributed by atoms with Crippen LogP contribution in [0.25, 0.3) is 0 Å². The molecule has 0 bridgehead atoms. The predicted octanol–water partition coefficient (Wildman–Crippen LogP) is 2.60. The van der Waals surface area contributed by atoms with Gasteiger partial charge in [-0.1, -0.05) is 30.2 Å². The first-order valence-corrected chi connectivity index (χ1v) is 9.02. The van der Waals surface area contributed by atoms with E-state index in [0.717, 1.165) is 32.1 Å². The number of nitrogens with zero attached hydrogens (tertiary/aromatic N) is 2. The zero-order valence-corrected chi connectivity index (χ0v) is 18.3. The molecule has 26 heavy (non-hydrogen) atoms. The fourth-order valence-corrected chi connectivity index (χ4v) is 3.07. The quantitative estimate of drug-likeness (QED) is 0.291. The molecule has 1 aliphatic heterocycles. The topological polar surface area (TPSA) is 48.9 Å². The van der Waals surface area contributed by atoms with Crippen LogP contribution in [-0.4, -0.2) is 49.2 Å². The largest absolute Gasteiger partial charge is 0.373 e. The molecule has 1 aliphatic rings. The van der Waals surface area contributed by atoms with Crippen molar-refractivity contribution in [3.05, 3.63) is 35.4 Å². The van der Waals surface area contributed by atoms with Crippen molar-refractivity contribution < 1.29 is 4.74 Å². The number of morpholine rings is 1. The van der Waals surface area contributed by atoms with E-state index in [1.54, 1.807) is 0 Å². The zero-order valence-electron chi connectivity index (χ0n) is 16.0. The molecule has 0 aromatic heterocycles. The Labute approximate surface area is 175 Å². The molecule has 2 N–H and O–H groups in total. The lowest BCUT2D eigenvalue weighted by atomic mass is 10.1. The van der Waals surface area contributed by atoms with E-state index in [0.29, 0.717) is 25.3 Å². The van der Waals surface area contributed by atoms with Gasteiger partial charge in [0, 0.05) is 26.2 Å². The second-order valence-electron chi connectivity index (χ2n) is 6.52. The second kappa shape index (κ2) is 12.2. The zero-order chi connectivity index (χ0) is 18.1. The Morgan fingerprint density at radius 2 is 1.81 bits per heavy atom. The number of nitrogens with one attached hydrogen (secondary N) is 2. The Balaban J connectivity index is 0.00000338. The lowest BCUT2D eigenvalue weighted by Crippen LogP contribution is -2.44. The summed E-state index contributed by atoms with van der Waals surface area (Å²) < 4.78 is 5.79. The molecule has 2 rings (SSSR count). The molecule has 144 valence electrons. The molecule has 0 radical (unpaired) electrons. The molecule has 0 amide bonds. The molecular weight excluding hydrogens is 439 g/mol. The Morgan fingerprint density at radius 3 is 2.38 bits per heavy atom. The summed E-state index contributed by atoms with van der Waals surface area (Å²) in [6, 6.07) is 8.68. The van der Waals surface area contributed by atoms with E-state index in [4.69, 9.17) is 11.2 Å². The van der Waals surface area contributed by atoms with Crippen molar-refractivity contribution in [2.24, 2.45) is 4.99 Å². The van der Waals surface area contributed by atoms with Crippen LogP contribution in [0.4, 0.5) is 0 Å². The van der Waals surface area contributed by atoms with Crippen LogP contribution in [0.5, 0.6) is 0 Å². The molecular formula is C20H31IN4O. The minimum Gasteiger partial charge on any atom is -0.373 e. The average molecular weight is 470 g/mol. The molecule has 5 nitrogen and oxygen atoms in total. The summed E-state index contributed by atoms with van der Waals surface area (Å²) in [6.45, 7) is 11.2. The SMILES string of the molecule is C#CCNC(=NCc1ccc(CN2CC(C)OC(C)C2)cc1)NCC.I. The van der Waals surface area contributed by atoms with Crippen LogP contribution in [0.3, 0.4) is 0 Å². The highest BCUT2D eigenvalue weighted by Gasteiger charge is 2.21. The van der Waals surface area contributed by atoms with E-state index in [1.165, 1.54) is 11.1 Å². The molecule has 6 heteroatoms. The number of hydrogen-bond acceptors (Lipinski definition) is 3. The van der Waals surface area contributed by atoms with Crippen LogP contribution >= 0.6 is 24.0 Å². The van der Waals surface area contributed by atoms with E-state index >= 15 is 0 Å². The van der Waals surface area contributed by atoms with E-state index in [9.17, 15) is 0 Å². The van der Waals surface area contributed by atoms with Gasteiger partial charge in [0.25, 0.3) is 0 Å². The molecule has 1 saturated heterocycles. The van der Waals surface area contributed by atoms with E-state index in [1.807, 2.05) is 6.92 Å². The Kier molecular flexibility index (Phi) is 10.6. The monoisotopic (exact) mass is 470 g/mol. The third-order valence-electron chi connectivity index (χ3n) is 4.05. The number of ether oxygens (including phenoxy) is 1. The molecule has 0 aliphatic carbocycles. The van der Waals surface area contributed by atoms with Gasteiger partial charge in [-0.05, 0) is 31.9 Å². The van der Waals surface area contributed by atoms with Gasteiger partial charge in [-0.3, -0.25) is 4.90 Å². The smallest absolute Gasteiger partial charge is 0.192 e. The number of guanidine groups is 1. The van der Waals surface area contributed by atoms with E-state index < -0.39 is 0 Å². The second-order valence-corrected chi connectivity index (χ2v) is 6.52. The number of hydrogen-bond donors (Lipinski definition) is 2. The van der Waals surface area contributed by atoms with Gasteiger partial charge in [-0.2, -0.15) is 0 Å². The molecule has 1 aromatic carbocycles. The van der Waals surface area contributed by atoms with Crippen LogP contribution in [0, 0.1) is 12.3 Å². The Morgan fingerprint density at radius 1 is 1.19 bits per heavy atom. The van der Waals surface area contributed by atoms with Crippen molar-refractivity contribution in [3.63, 3.8) is 0 Å². The lowest BCUT2D eigenvalue weighted by molar-refractivity contribution is -0.0704. The van der Waals surface area contributed by atoms with Crippen molar-refractivity contribution >= 4 is 29.9 Å². The highest BCUT2D eigenvalue weighted by molar-refractivity contribution is 14.0. The van der Waals surface area contributed by atoms with Crippen molar-refractivity contribution in [3.8, 4) is 12.3 Å². The van der Waals surface area contributed by atoms with E-state index in [-0.39, 0.29) is 24.0 Å². The van der Waals surface area contributed by atoms with Crippen LogP contribution in [0.2, 0.25) is 0 Å². The highest BCUT2D eigenvalue weighted by atomic mass is 127. The summed E-state index contributed by atoms with van der Waals surface area (Å²) >= 11 is 0. The third-order valence-corrected chi connectivity index (χ3v) is 4.05. The maximum absolute atomic E-state index is 5.79. The number of halogens is 1. The standard InChI is InChI=1S/C20H30N4O.HI/c1-5-11-22-20(21-6-2)23-12-18-7-9-19(10-8-18)15-24-13-16(3)25-17(4)14-24;/h1,7-10,16-17H,6,11-15H2,2-4H3,(H2,21,22,23);1H. The maximum Gasteiger partial charge on any atom is 0.192 e. The molecule has 1 fully saturated rings. The summed E-state index contributed by atoms with van der Waals surface area (Å²) in [5.74, 6) is 3.31. The maximum atomic E-state index is 5.79. The third kappa shape index (κ3) is 7.94. The first-order chi connectivity index (χ1) is 12.1. The average Bonchev–Trinajstić information content (AvgIpc) is 2.58. The van der Waals surface area contributed by atoms with E-state index in [2.05, 4.69) is 64.6 Å². The van der Waals surface area contributed by atoms with Gasteiger partial charge in [0.2, 0.25) is 0 Å². The Hall–Kier alpha value is -1.30. The van der Waals surface area contributed by atoms with Crippen LogP contribution in [0.1, 0.15) is 31.9 Å². The number of rotatable bonds is 6. The van der Waals surface area contributed by atoms with Crippen molar-refractivity contribution in [2.75, 3.05) is 26.2 Å². The molecule has 1 aromatic rings. The van der Waals surface area contributed by atoms with Gasteiger partial charge in [0.15, 0.2) is 5.96 Å². The summed E-state index contributed by atoms with van der Waals surface area (Å²) in [7, 11) is 0. The molecule has 1 heterocycles. The minimum atomic E-state index is 0. The Bertz CT molecular complexity index is 587. The molecule has 0 saturated carbocycles. The highest BCUT2D eigenvalue weighted by Crippen LogP contribution is 2.15. The number of aliphatic imine (C=N–C) groups is 1. The van der Waals surface area contributed by atoms with Crippen molar-refractivity contribution in [1.82, 2.24) is 15.5 Å². The number of benzene rings is 1. The predicted molar refractivity (Wildman–Crippen MR) is 119 cm³/mol. The summed E-state index contributed by atoms with van der Waals surface area (Å²) in [6.07, 6.45) is 5.89. The molecule has 2 atom stereocenters. The van der Waals surface area contributed by atoms with Crippen molar-refractivity contribution in [2.45, 2.75) is 46.1 Å². The first-order valence-electron chi connectivity index (χ1n) is 9.02. The molecule has 0 spiro atoms. The van der Waals surface area contributed by atoms with Gasteiger partial charge < -0.3 is 15.4 Å². The lowest BCUT2D eigenvalue weighted by Gasteiger charge is -2.35. The van der Waals surface area contributed by atoms with Gasteiger partial charge >= 0.3 is 0 Å². The minimum absolute atomic E-state index is 0. The van der Waals surface area contributed by atoms with Gasteiger partial charge in [0.05, 0.1) is 25.3 Å². The first kappa shape index (κ1) is 22.7. The van der Waals surface area contributed by atoms with Crippen LogP contribution in [-0.2, 0) is 17.8 Å². The van der Waals surface area contributed by atoms with Crippen LogP contribution in [0.15, 0.2) is 29.3 Å².